The molecule has 9 rings (SSSR count). The molecule has 0 saturated heterocycles. The Kier molecular flexibility index (Phi) is 5.87. The van der Waals surface area contributed by atoms with E-state index in [9.17, 15) is 0 Å². The summed E-state index contributed by atoms with van der Waals surface area (Å²) in [6.07, 6.45) is 0. The van der Waals surface area contributed by atoms with Gasteiger partial charge in [0.15, 0.2) is 8.07 Å². The summed E-state index contributed by atoms with van der Waals surface area (Å²) >= 11 is 0. The van der Waals surface area contributed by atoms with Crippen LogP contribution in [0.4, 0.5) is 17.1 Å². The zero-order valence-corrected chi connectivity index (χ0v) is 25.7. The van der Waals surface area contributed by atoms with Crippen molar-refractivity contribution in [1.29, 1.82) is 0 Å². The second-order valence-corrected chi connectivity index (χ2v) is 15.5. The normalized spacial score (nSPS) is 13.5. The number of anilines is 3. The van der Waals surface area contributed by atoms with Gasteiger partial charge in [-0.3, -0.25) is 0 Å². The average Bonchev–Trinajstić information content (AvgIpc) is 3.45. The third kappa shape index (κ3) is 3.74. The Bertz CT molecular complexity index is 2240. The Labute approximate surface area is 264 Å². The fourth-order valence-corrected chi connectivity index (χ4v) is 12.7. The number of hydrogen-bond donors (Lipinski definition) is 0. The van der Waals surface area contributed by atoms with Crippen molar-refractivity contribution >= 4 is 67.7 Å². The smallest absolute Gasteiger partial charge is 0.184 e. The molecule has 2 heterocycles. The number of rotatable bonds is 4. The number of aromatic nitrogens is 1. The van der Waals surface area contributed by atoms with Crippen LogP contribution in [0, 0.1) is 0 Å². The van der Waals surface area contributed by atoms with E-state index in [2.05, 4.69) is 191 Å². The molecule has 0 amide bonds. The second-order valence-electron chi connectivity index (χ2n) is 11.7. The summed E-state index contributed by atoms with van der Waals surface area (Å²) < 4.78 is 2.38. The number of benzene rings is 7. The van der Waals surface area contributed by atoms with Crippen molar-refractivity contribution in [2.45, 2.75) is 0 Å². The molecule has 0 saturated carbocycles. The van der Waals surface area contributed by atoms with Crippen LogP contribution >= 0.6 is 0 Å². The van der Waals surface area contributed by atoms with Crippen molar-refractivity contribution in [3.05, 3.63) is 182 Å². The Morgan fingerprint density at radius 2 is 0.844 bits per heavy atom. The highest BCUT2D eigenvalue weighted by molar-refractivity contribution is 7.21. The Hall–Kier alpha value is -5.64. The van der Waals surface area contributed by atoms with Crippen LogP contribution in [0.1, 0.15) is 0 Å². The van der Waals surface area contributed by atoms with Gasteiger partial charge in [0.05, 0.1) is 11.0 Å². The summed E-state index contributed by atoms with van der Waals surface area (Å²) in [4.78, 5) is 2.50. The van der Waals surface area contributed by atoms with Crippen molar-refractivity contribution in [3.63, 3.8) is 0 Å². The molecule has 0 atom stereocenters. The highest BCUT2D eigenvalue weighted by Crippen LogP contribution is 2.41. The molecule has 1 aliphatic rings. The molecule has 0 spiro atoms. The number of para-hydroxylation sites is 4. The molecule has 2 nitrogen and oxygen atoms in total. The lowest BCUT2D eigenvalue weighted by atomic mass is 10.1. The lowest BCUT2D eigenvalue weighted by Gasteiger charge is -2.45. The van der Waals surface area contributed by atoms with Crippen LogP contribution in [0.5, 0.6) is 0 Å². The Balaban J connectivity index is 1.34. The summed E-state index contributed by atoms with van der Waals surface area (Å²) in [5, 5.41) is 8.13. The fourth-order valence-electron chi connectivity index (χ4n) is 7.64. The van der Waals surface area contributed by atoms with Gasteiger partial charge in [0.2, 0.25) is 0 Å². The highest BCUT2D eigenvalue weighted by Gasteiger charge is 2.48. The lowest BCUT2D eigenvalue weighted by molar-refractivity contribution is 1.18. The average molecular weight is 591 g/mol. The summed E-state index contributed by atoms with van der Waals surface area (Å²) in [6.45, 7) is 0. The largest absolute Gasteiger partial charge is 0.311 e. The van der Waals surface area contributed by atoms with Crippen LogP contribution in [0.2, 0.25) is 0 Å². The first-order chi connectivity index (χ1) is 22.4. The molecule has 0 aliphatic carbocycles. The molecule has 0 unspecified atom stereocenters. The fraction of sp³-hybridized carbons (Fsp3) is 0. The third-order valence-electron chi connectivity index (χ3n) is 9.44. The number of fused-ring (bicyclic) bond motifs is 5. The van der Waals surface area contributed by atoms with Crippen molar-refractivity contribution < 1.29 is 0 Å². The summed E-state index contributed by atoms with van der Waals surface area (Å²) in [5.74, 6) is 0. The number of hydrogen-bond acceptors (Lipinski definition) is 1. The van der Waals surface area contributed by atoms with E-state index in [0.29, 0.717) is 0 Å². The van der Waals surface area contributed by atoms with E-state index >= 15 is 0 Å². The van der Waals surface area contributed by atoms with Gasteiger partial charge in [-0.25, -0.2) is 0 Å². The molecular formula is C42H30N2Si. The van der Waals surface area contributed by atoms with Crippen LogP contribution in [-0.4, -0.2) is 12.6 Å². The topological polar surface area (TPSA) is 8.17 Å². The van der Waals surface area contributed by atoms with Gasteiger partial charge in [-0.1, -0.05) is 133 Å². The minimum absolute atomic E-state index is 1.17. The minimum atomic E-state index is -2.63. The van der Waals surface area contributed by atoms with Gasteiger partial charge in [0.1, 0.15) is 0 Å². The zero-order valence-electron chi connectivity index (χ0n) is 24.7. The first-order valence-electron chi connectivity index (χ1n) is 15.5. The Morgan fingerprint density at radius 1 is 0.356 bits per heavy atom. The summed E-state index contributed by atoms with van der Waals surface area (Å²) in [6, 6.07) is 67.0. The van der Waals surface area contributed by atoms with Gasteiger partial charge >= 0.3 is 0 Å². The van der Waals surface area contributed by atoms with Crippen LogP contribution < -0.4 is 25.6 Å². The predicted octanol–water partition coefficient (Wildman–Crippen LogP) is 7.94. The van der Waals surface area contributed by atoms with Crippen molar-refractivity contribution in [2.24, 2.45) is 0 Å². The van der Waals surface area contributed by atoms with Gasteiger partial charge in [0, 0.05) is 33.5 Å². The van der Waals surface area contributed by atoms with Crippen molar-refractivity contribution in [2.75, 3.05) is 4.90 Å². The molecule has 8 aromatic rings. The van der Waals surface area contributed by atoms with Crippen LogP contribution in [0.25, 0.3) is 27.5 Å². The van der Waals surface area contributed by atoms with E-state index in [0.717, 1.165) is 0 Å². The third-order valence-corrected chi connectivity index (χ3v) is 14.3. The second kappa shape index (κ2) is 10.2. The van der Waals surface area contributed by atoms with Gasteiger partial charge in [-0.15, -0.1) is 0 Å². The van der Waals surface area contributed by atoms with E-state index in [4.69, 9.17) is 0 Å². The van der Waals surface area contributed by atoms with E-state index in [-0.39, 0.29) is 0 Å². The van der Waals surface area contributed by atoms with Crippen molar-refractivity contribution in [1.82, 2.24) is 4.57 Å². The molecule has 7 aromatic carbocycles. The SMILES string of the molecule is c1ccc(-n2c3ccccc3c3cc(N4c5ccccc5[Si](c5ccccc5)(c5ccccc5)c5ccccc54)ccc32)cc1. The molecule has 0 N–H and O–H groups in total. The molecule has 0 fully saturated rings. The van der Waals surface area contributed by atoms with Crippen molar-refractivity contribution in [3.8, 4) is 5.69 Å². The number of nitrogens with zero attached hydrogens (tertiary/aromatic N) is 2. The van der Waals surface area contributed by atoms with E-state index in [1.807, 2.05) is 0 Å². The molecule has 0 bridgehead atoms. The molecule has 0 radical (unpaired) electrons. The maximum atomic E-state index is 2.50. The predicted molar refractivity (Wildman–Crippen MR) is 193 cm³/mol. The lowest BCUT2D eigenvalue weighted by Crippen LogP contribution is -2.77. The van der Waals surface area contributed by atoms with Gasteiger partial charge in [0.25, 0.3) is 0 Å². The molecule has 212 valence electrons. The van der Waals surface area contributed by atoms with Crippen LogP contribution in [-0.2, 0) is 0 Å². The maximum Gasteiger partial charge on any atom is 0.184 e. The standard InChI is InChI=1S/C42H30N2Si/c1-4-16-31(17-5-1)43-37-23-11-10-22-35(37)36-30-32(28-29-38(36)43)44-39-24-12-14-26-41(39)45(33-18-6-2-7-19-33,34-20-8-3-9-21-34)42-27-15-13-25-40(42)44/h1-30H. The Morgan fingerprint density at radius 3 is 1.47 bits per heavy atom. The molecule has 3 heteroatoms. The minimum Gasteiger partial charge on any atom is -0.311 e. The quantitative estimate of drug-likeness (QED) is 0.189. The highest BCUT2D eigenvalue weighted by atomic mass is 28.3. The monoisotopic (exact) mass is 590 g/mol. The molecular weight excluding hydrogens is 561 g/mol. The first-order valence-corrected chi connectivity index (χ1v) is 17.5. The molecule has 45 heavy (non-hydrogen) atoms. The summed E-state index contributed by atoms with van der Waals surface area (Å²) in [5.41, 5.74) is 7.27. The molecule has 1 aliphatic heterocycles. The molecule has 1 aromatic heterocycles. The van der Waals surface area contributed by atoms with Gasteiger partial charge in [-0.05, 0) is 69.3 Å². The first kappa shape index (κ1) is 25.8. The van der Waals surface area contributed by atoms with Crippen LogP contribution in [0.3, 0.4) is 0 Å². The van der Waals surface area contributed by atoms with E-state index in [1.54, 1.807) is 0 Å². The maximum absolute atomic E-state index is 2.63. The summed E-state index contributed by atoms with van der Waals surface area (Å²) in [7, 11) is -2.63. The van der Waals surface area contributed by atoms with E-state index < -0.39 is 8.07 Å². The van der Waals surface area contributed by atoms with Gasteiger partial charge < -0.3 is 9.47 Å². The van der Waals surface area contributed by atoms with Crippen LogP contribution in [0.15, 0.2) is 182 Å². The zero-order chi connectivity index (χ0) is 29.8. The van der Waals surface area contributed by atoms with Gasteiger partial charge in [-0.2, -0.15) is 0 Å². The van der Waals surface area contributed by atoms with E-state index in [1.165, 1.54) is 65.3 Å².